The highest BCUT2D eigenvalue weighted by Gasteiger charge is 2.41. The van der Waals surface area contributed by atoms with E-state index in [1.807, 2.05) is 31.2 Å². The van der Waals surface area contributed by atoms with Gasteiger partial charge < -0.3 is 19.7 Å². The molecular formula is C22H25N3O4. The molecule has 7 heteroatoms. The molecule has 152 valence electrons. The first-order valence-corrected chi connectivity index (χ1v) is 9.92. The van der Waals surface area contributed by atoms with E-state index < -0.39 is 5.79 Å². The minimum Gasteiger partial charge on any atom is -0.348 e. The SMILES string of the molecule is Cc1cccc(CNC(=O)c2ccnc(C(=O)N3CCC4(CC3)OCCO4)c2)c1. The number of ether oxygens (including phenoxy) is 2. The van der Waals surface area contributed by atoms with E-state index in [-0.39, 0.29) is 17.5 Å². The number of carbonyl (C=O) groups is 2. The van der Waals surface area contributed by atoms with Gasteiger partial charge in [0.2, 0.25) is 0 Å². The zero-order valence-electron chi connectivity index (χ0n) is 16.5. The molecule has 1 aromatic carbocycles. The van der Waals surface area contributed by atoms with Gasteiger partial charge in [0.1, 0.15) is 5.69 Å². The van der Waals surface area contributed by atoms with Gasteiger partial charge in [-0.1, -0.05) is 29.8 Å². The largest absolute Gasteiger partial charge is 0.348 e. The third-order valence-corrected chi connectivity index (χ3v) is 5.40. The third-order valence-electron chi connectivity index (χ3n) is 5.40. The average molecular weight is 395 g/mol. The van der Waals surface area contributed by atoms with Crippen LogP contribution in [0.4, 0.5) is 0 Å². The molecule has 0 atom stereocenters. The van der Waals surface area contributed by atoms with Crippen LogP contribution in [0.25, 0.3) is 0 Å². The Morgan fingerprint density at radius 3 is 2.62 bits per heavy atom. The number of carbonyl (C=O) groups excluding carboxylic acids is 2. The number of aromatic nitrogens is 1. The minimum absolute atomic E-state index is 0.175. The maximum Gasteiger partial charge on any atom is 0.272 e. The number of rotatable bonds is 4. The van der Waals surface area contributed by atoms with Crippen molar-refractivity contribution in [3.05, 3.63) is 65.0 Å². The summed E-state index contributed by atoms with van der Waals surface area (Å²) >= 11 is 0. The second kappa shape index (κ2) is 8.31. The summed E-state index contributed by atoms with van der Waals surface area (Å²) in [6, 6.07) is 11.1. The zero-order chi connectivity index (χ0) is 20.3. The van der Waals surface area contributed by atoms with Crippen LogP contribution >= 0.6 is 0 Å². The molecule has 2 aliphatic rings. The van der Waals surface area contributed by atoms with Crippen molar-refractivity contribution in [1.29, 1.82) is 0 Å². The molecule has 3 heterocycles. The monoisotopic (exact) mass is 395 g/mol. The van der Waals surface area contributed by atoms with Crippen molar-refractivity contribution >= 4 is 11.8 Å². The zero-order valence-corrected chi connectivity index (χ0v) is 16.5. The second-order valence-corrected chi connectivity index (χ2v) is 7.50. The van der Waals surface area contributed by atoms with Crippen LogP contribution in [0.1, 0.15) is 44.8 Å². The number of piperidine rings is 1. The van der Waals surface area contributed by atoms with Crippen molar-refractivity contribution in [2.24, 2.45) is 0 Å². The van der Waals surface area contributed by atoms with E-state index in [0.29, 0.717) is 51.3 Å². The van der Waals surface area contributed by atoms with Gasteiger partial charge in [0.25, 0.3) is 11.8 Å². The predicted molar refractivity (Wildman–Crippen MR) is 106 cm³/mol. The summed E-state index contributed by atoms with van der Waals surface area (Å²) in [4.78, 5) is 31.3. The van der Waals surface area contributed by atoms with Crippen molar-refractivity contribution in [2.45, 2.75) is 32.1 Å². The van der Waals surface area contributed by atoms with Crippen LogP contribution in [0.5, 0.6) is 0 Å². The number of likely N-dealkylation sites (tertiary alicyclic amines) is 1. The molecule has 2 aromatic rings. The maximum atomic E-state index is 12.8. The number of hydrogen-bond acceptors (Lipinski definition) is 5. The van der Waals surface area contributed by atoms with Gasteiger partial charge in [-0.2, -0.15) is 0 Å². The number of nitrogens with one attached hydrogen (secondary N) is 1. The quantitative estimate of drug-likeness (QED) is 0.859. The Balaban J connectivity index is 1.37. The fourth-order valence-electron chi connectivity index (χ4n) is 3.79. The summed E-state index contributed by atoms with van der Waals surface area (Å²) in [7, 11) is 0. The Morgan fingerprint density at radius 1 is 1.14 bits per heavy atom. The highest BCUT2D eigenvalue weighted by atomic mass is 16.7. The molecule has 2 fully saturated rings. The van der Waals surface area contributed by atoms with E-state index in [2.05, 4.69) is 10.3 Å². The summed E-state index contributed by atoms with van der Waals surface area (Å²) in [6.45, 7) is 4.75. The first kappa shape index (κ1) is 19.5. The Bertz CT molecular complexity index is 898. The molecule has 4 rings (SSSR count). The number of benzene rings is 1. The average Bonchev–Trinajstić information content (AvgIpc) is 3.20. The molecule has 0 unspecified atom stereocenters. The summed E-state index contributed by atoms with van der Waals surface area (Å²) in [5.74, 6) is -0.929. The van der Waals surface area contributed by atoms with Crippen LogP contribution in [0.3, 0.4) is 0 Å². The van der Waals surface area contributed by atoms with Gasteiger partial charge in [0, 0.05) is 44.2 Å². The van der Waals surface area contributed by atoms with Crippen molar-refractivity contribution < 1.29 is 19.1 Å². The van der Waals surface area contributed by atoms with Gasteiger partial charge in [0.15, 0.2) is 5.79 Å². The molecule has 1 aromatic heterocycles. The molecule has 2 amide bonds. The fourth-order valence-corrected chi connectivity index (χ4v) is 3.79. The van der Waals surface area contributed by atoms with E-state index in [4.69, 9.17) is 9.47 Å². The van der Waals surface area contributed by atoms with E-state index in [1.54, 1.807) is 17.0 Å². The van der Waals surface area contributed by atoms with Crippen LogP contribution in [0.15, 0.2) is 42.6 Å². The molecule has 0 saturated carbocycles. The van der Waals surface area contributed by atoms with Crippen LogP contribution in [-0.4, -0.2) is 53.8 Å². The standard InChI is InChI=1S/C22H25N3O4/c1-16-3-2-4-17(13-16)15-24-20(26)18-5-8-23-19(14-18)21(27)25-9-6-22(7-10-25)28-11-12-29-22/h2-5,8,13-14H,6-7,9-12,15H2,1H3,(H,24,26). The maximum absolute atomic E-state index is 12.8. The van der Waals surface area contributed by atoms with Crippen LogP contribution in [0.2, 0.25) is 0 Å². The first-order valence-electron chi connectivity index (χ1n) is 9.92. The molecule has 1 spiro atoms. The van der Waals surface area contributed by atoms with Crippen molar-refractivity contribution in [3.63, 3.8) is 0 Å². The Kier molecular flexibility index (Phi) is 5.60. The highest BCUT2D eigenvalue weighted by Crippen LogP contribution is 2.31. The van der Waals surface area contributed by atoms with Crippen molar-refractivity contribution in [2.75, 3.05) is 26.3 Å². The smallest absolute Gasteiger partial charge is 0.272 e. The van der Waals surface area contributed by atoms with Gasteiger partial charge in [-0.15, -0.1) is 0 Å². The lowest BCUT2D eigenvalue weighted by Gasteiger charge is -2.37. The molecule has 1 N–H and O–H groups in total. The van der Waals surface area contributed by atoms with Gasteiger partial charge >= 0.3 is 0 Å². The van der Waals surface area contributed by atoms with Crippen molar-refractivity contribution in [3.8, 4) is 0 Å². The van der Waals surface area contributed by atoms with Crippen molar-refractivity contribution in [1.82, 2.24) is 15.2 Å². The third kappa shape index (κ3) is 4.46. The molecule has 0 radical (unpaired) electrons. The number of nitrogens with zero attached hydrogens (tertiary/aromatic N) is 2. The highest BCUT2D eigenvalue weighted by molar-refractivity contribution is 5.98. The molecule has 29 heavy (non-hydrogen) atoms. The lowest BCUT2D eigenvalue weighted by molar-refractivity contribution is -0.181. The van der Waals surface area contributed by atoms with E-state index in [0.717, 1.165) is 11.1 Å². The lowest BCUT2D eigenvalue weighted by Crippen LogP contribution is -2.47. The number of aryl methyl sites for hydroxylation is 1. The van der Waals surface area contributed by atoms with Gasteiger partial charge in [-0.05, 0) is 24.6 Å². The fraction of sp³-hybridized carbons (Fsp3) is 0.409. The van der Waals surface area contributed by atoms with E-state index in [9.17, 15) is 9.59 Å². The lowest BCUT2D eigenvalue weighted by atomic mass is 10.0. The van der Waals surface area contributed by atoms with Crippen LogP contribution in [0, 0.1) is 6.92 Å². The number of amides is 2. The van der Waals surface area contributed by atoms with Crippen LogP contribution in [-0.2, 0) is 16.0 Å². The Labute approximate surface area is 170 Å². The van der Waals surface area contributed by atoms with Gasteiger partial charge in [0.05, 0.1) is 13.2 Å². The molecule has 2 aliphatic heterocycles. The van der Waals surface area contributed by atoms with E-state index in [1.165, 1.54) is 6.20 Å². The predicted octanol–water partition coefficient (Wildman–Crippen LogP) is 2.30. The summed E-state index contributed by atoms with van der Waals surface area (Å²) in [5.41, 5.74) is 2.87. The van der Waals surface area contributed by atoms with Gasteiger partial charge in [-0.3, -0.25) is 14.6 Å². The number of pyridine rings is 1. The molecule has 0 bridgehead atoms. The minimum atomic E-state index is -0.526. The summed E-state index contributed by atoms with van der Waals surface area (Å²) < 4.78 is 11.4. The topological polar surface area (TPSA) is 80.8 Å². The molecular weight excluding hydrogens is 370 g/mol. The number of hydrogen-bond donors (Lipinski definition) is 1. The Morgan fingerprint density at radius 2 is 1.90 bits per heavy atom. The molecule has 0 aliphatic carbocycles. The summed E-state index contributed by atoms with van der Waals surface area (Å²) in [5, 5.41) is 2.90. The van der Waals surface area contributed by atoms with E-state index >= 15 is 0 Å². The first-order chi connectivity index (χ1) is 14.0. The summed E-state index contributed by atoms with van der Waals surface area (Å²) in [6.07, 6.45) is 2.80. The molecule has 2 saturated heterocycles. The Hall–Kier alpha value is -2.77. The normalized spacial score (nSPS) is 18.0. The second-order valence-electron chi connectivity index (χ2n) is 7.50. The molecule has 7 nitrogen and oxygen atoms in total. The van der Waals surface area contributed by atoms with Crippen LogP contribution < -0.4 is 5.32 Å². The van der Waals surface area contributed by atoms with Gasteiger partial charge in [-0.25, -0.2) is 0 Å².